The highest BCUT2D eigenvalue weighted by Crippen LogP contribution is 2.17. The van der Waals surface area contributed by atoms with Crippen molar-refractivity contribution >= 4 is 5.82 Å². The Bertz CT molecular complexity index is 353. The molecule has 4 nitrogen and oxygen atoms in total. The minimum atomic E-state index is 0.758. The molecule has 0 amide bonds. The lowest BCUT2D eigenvalue weighted by Gasteiger charge is -2.12. The number of nitrogens with zero attached hydrogens (tertiary/aromatic N) is 2. The van der Waals surface area contributed by atoms with E-state index >= 15 is 0 Å². The summed E-state index contributed by atoms with van der Waals surface area (Å²) >= 11 is 0. The Morgan fingerprint density at radius 2 is 2.00 bits per heavy atom. The average molecular weight is 237 g/mol. The van der Waals surface area contributed by atoms with Gasteiger partial charge in [0, 0.05) is 37.9 Å². The van der Waals surface area contributed by atoms with Crippen molar-refractivity contribution in [2.24, 2.45) is 0 Å². The van der Waals surface area contributed by atoms with Gasteiger partial charge in [-0.05, 0) is 26.7 Å². The van der Waals surface area contributed by atoms with Crippen LogP contribution in [0.4, 0.5) is 5.82 Å². The summed E-state index contributed by atoms with van der Waals surface area (Å²) < 4.78 is 5.05. The first-order valence-electron chi connectivity index (χ1n) is 6.32. The van der Waals surface area contributed by atoms with Crippen LogP contribution in [0, 0.1) is 6.92 Å². The zero-order chi connectivity index (χ0) is 12.7. The number of ether oxygens (including phenoxy) is 1. The van der Waals surface area contributed by atoms with Gasteiger partial charge >= 0.3 is 0 Å². The highest BCUT2D eigenvalue weighted by molar-refractivity contribution is 5.46. The van der Waals surface area contributed by atoms with Gasteiger partial charge in [-0.3, -0.25) is 0 Å². The molecule has 0 aliphatic rings. The van der Waals surface area contributed by atoms with Gasteiger partial charge in [0.25, 0.3) is 0 Å². The lowest BCUT2D eigenvalue weighted by Crippen LogP contribution is -2.10. The van der Waals surface area contributed by atoms with Crippen molar-refractivity contribution in [2.45, 2.75) is 40.0 Å². The lowest BCUT2D eigenvalue weighted by molar-refractivity contribution is 0.194. The first-order chi connectivity index (χ1) is 8.22. The van der Waals surface area contributed by atoms with E-state index in [2.05, 4.69) is 36.1 Å². The standard InChI is InChI=1S/C13H23N3O/c1-5-11-10(3)15-12(8-7-9-17-4)16-13(11)14-6-2/h5-9H2,1-4H3,(H,14,15,16). The van der Waals surface area contributed by atoms with Gasteiger partial charge in [0.15, 0.2) is 0 Å². The van der Waals surface area contributed by atoms with Crippen molar-refractivity contribution in [1.82, 2.24) is 9.97 Å². The van der Waals surface area contributed by atoms with E-state index in [1.807, 2.05) is 0 Å². The number of rotatable bonds is 7. The summed E-state index contributed by atoms with van der Waals surface area (Å²) in [6.45, 7) is 7.93. The van der Waals surface area contributed by atoms with E-state index in [-0.39, 0.29) is 0 Å². The van der Waals surface area contributed by atoms with E-state index in [9.17, 15) is 0 Å². The third kappa shape index (κ3) is 3.97. The quantitative estimate of drug-likeness (QED) is 0.740. The van der Waals surface area contributed by atoms with Gasteiger partial charge in [-0.1, -0.05) is 6.92 Å². The van der Waals surface area contributed by atoms with Crippen LogP contribution < -0.4 is 5.32 Å². The summed E-state index contributed by atoms with van der Waals surface area (Å²) in [5.41, 5.74) is 2.31. The maximum absolute atomic E-state index is 5.05. The fraction of sp³-hybridized carbons (Fsp3) is 0.692. The molecule has 0 atom stereocenters. The number of anilines is 1. The predicted octanol–water partition coefficient (Wildman–Crippen LogP) is 2.36. The zero-order valence-electron chi connectivity index (χ0n) is 11.3. The van der Waals surface area contributed by atoms with Gasteiger partial charge in [-0.25, -0.2) is 9.97 Å². The molecule has 1 aromatic rings. The van der Waals surface area contributed by atoms with Crippen LogP contribution in [-0.2, 0) is 17.6 Å². The molecule has 0 unspecified atom stereocenters. The van der Waals surface area contributed by atoms with Crippen molar-refractivity contribution in [3.8, 4) is 0 Å². The third-order valence-corrected chi connectivity index (χ3v) is 2.71. The molecule has 0 saturated heterocycles. The molecule has 0 saturated carbocycles. The maximum atomic E-state index is 5.05. The molecule has 1 N–H and O–H groups in total. The molecule has 0 fully saturated rings. The van der Waals surface area contributed by atoms with Crippen molar-refractivity contribution < 1.29 is 4.74 Å². The number of hydrogen-bond acceptors (Lipinski definition) is 4. The summed E-state index contributed by atoms with van der Waals surface area (Å²) in [5.74, 6) is 1.91. The van der Waals surface area contributed by atoms with Crippen LogP contribution in [0.3, 0.4) is 0 Å². The average Bonchev–Trinajstić information content (AvgIpc) is 2.30. The van der Waals surface area contributed by atoms with Crippen LogP contribution in [0.5, 0.6) is 0 Å². The van der Waals surface area contributed by atoms with Crippen LogP contribution in [0.15, 0.2) is 0 Å². The van der Waals surface area contributed by atoms with Crippen LogP contribution in [0.25, 0.3) is 0 Å². The molecular weight excluding hydrogens is 214 g/mol. The monoisotopic (exact) mass is 237 g/mol. The fourth-order valence-corrected chi connectivity index (χ4v) is 1.88. The van der Waals surface area contributed by atoms with Crippen molar-refractivity contribution in [3.05, 3.63) is 17.1 Å². The molecule has 17 heavy (non-hydrogen) atoms. The first kappa shape index (κ1) is 13.9. The first-order valence-corrected chi connectivity index (χ1v) is 6.32. The summed E-state index contributed by atoms with van der Waals surface area (Å²) in [6.07, 6.45) is 2.80. The second kappa shape index (κ2) is 7.22. The topological polar surface area (TPSA) is 47.0 Å². The van der Waals surface area contributed by atoms with Gasteiger partial charge < -0.3 is 10.1 Å². The molecule has 0 spiro atoms. The second-order valence-electron chi connectivity index (χ2n) is 4.03. The Hall–Kier alpha value is -1.16. The van der Waals surface area contributed by atoms with Crippen LogP contribution >= 0.6 is 0 Å². The Morgan fingerprint density at radius 3 is 2.59 bits per heavy atom. The molecule has 1 heterocycles. The van der Waals surface area contributed by atoms with E-state index in [0.29, 0.717) is 0 Å². The minimum absolute atomic E-state index is 0.758. The highest BCUT2D eigenvalue weighted by Gasteiger charge is 2.09. The molecule has 4 heteroatoms. The van der Waals surface area contributed by atoms with Gasteiger partial charge in [-0.15, -0.1) is 0 Å². The molecule has 0 aliphatic carbocycles. The van der Waals surface area contributed by atoms with Crippen LogP contribution in [-0.4, -0.2) is 30.2 Å². The summed E-state index contributed by atoms with van der Waals surface area (Å²) in [5, 5.41) is 3.32. The lowest BCUT2D eigenvalue weighted by atomic mass is 10.1. The van der Waals surface area contributed by atoms with Gasteiger partial charge in [-0.2, -0.15) is 0 Å². The van der Waals surface area contributed by atoms with Gasteiger partial charge in [0.05, 0.1) is 0 Å². The Labute approximate surface area is 104 Å². The van der Waals surface area contributed by atoms with Crippen LogP contribution in [0.2, 0.25) is 0 Å². The van der Waals surface area contributed by atoms with E-state index in [0.717, 1.165) is 49.8 Å². The van der Waals surface area contributed by atoms with Gasteiger partial charge in [0.1, 0.15) is 11.6 Å². The number of hydrogen-bond donors (Lipinski definition) is 1. The molecule has 1 rings (SSSR count). The van der Waals surface area contributed by atoms with E-state index in [1.165, 1.54) is 5.56 Å². The molecule has 0 aliphatic heterocycles. The van der Waals surface area contributed by atoms with E-state index < -0.39 is 0 Å². The van der Waals surface area contributed by atoms with Crippen LogP contribution in [0.1, 0.15) is 37.4 Å². The number of aryl methyl sites for hydroxylation is 2. The SMILES string of the molecule is CCNc1nc(CCCOC)nc(C)c1CC. The Balaban J connectivity index is 2.85. The molecule has 0 radical (unpaired) electrons. The molecule has 96 valence electrons. The minimum Gasteiger partial charge on any atom is -0.385 e. The maximum Gasteiger partial charge on any atom is 0.133 e. The third-order valence-electron chi connectivity index (χ3n) is 2.71. The van der Waals surface area contributed by atoms with Crippen molar-refractivity contribution in [1.29, 1.82) is 0 Å². The summed E-state index contributed by atoms with van der Waals surface area (Å²) in [7, 11) is 1.72. The zero-order valence-corrected chi connectivity index (χ0v) is 11.3. The number of nitrogens with one attached hydrogen (secondary N) is 1. The fourth-order valence-electron chi connectivity index (χ4n) is 1.88. The Kier molecular flexibility index (Phi) is 5.91. The summed E-state index contributed by atoms with van der Waals surface area (Å²) in [4.78, 5) is 9.14. The predicted molar refractivity (Wildman–Crippen MR) is 70.5 cm³/mol. The molecule has 0 aromatic carbocycles. The largest absolute Gasteiger partial charge is 0.385 e. The second-order valence-corrected chi connectivity index (χ2v) is 4.03. The molecule has 0 bridgehead atoms. The normalized spacial score (nSPS) is 10.6. The van der Waals surface area contributed by atoms with E-state index in [4.69, 9.17) is 4.74 Å². The number of aromatic nitrogens is 2. The van der Waals surface area contributed by atoms with E-state index in [1.54, 1.807) is 7.11 Å². The highest BCUT2D eigenvalue weighted by atomic mass is 16.5. The van der Waals surface area contributed by atoms with Crippen molar-refractivity contribution in [3.63, 3.8) is 0 Å². The van der Waals surface area contributed by atoms with Gasteiger partial charge in [0.2, 0.25) is 0 Å². The number of methoxy groups -OCH3 is 1. The molecule has 1 aromatic heterocycles. The van der Waals surface area contributed by atoms with Crippen molar-refractivity contribution in [2.75, 3.05) is 25.6 Å². The Morgan fingerprint density at radius 1 is 1.24 bits per heavy atom. The summed E-state index contributed by atoms with van der Waals surface area (Å²) in [6, 6.07) is 0. The molecular formula is C13H23N3O. The smallest absolute Gasteiger partial charge is 0.133 e.